The van der Waals surface area contributed by atoms with Crippen LogP contribution in [0.2, 0.25) is 0 Å². The Labute approximate surface area is 121 Å². The Morgan fingerprint density at radius 1 is 1.37 bits per heavy atom. The van der Waals surface area contributed by atoms with Crippen LogP contribution < -0.4 is 4.74 Å². The minimum atomic E-state index is -0.393. The van der Waals surface area contributed by atoms with E-state index >= 15 is 0 Å². The van der Waals surface area contributed by atoms with Gasteiger partial charge in [0.15, 0.2) is 0 Å². The maximum absolute atomic E-state index is 10.4. The standard InChI is InChI=1S/C15H18BrNO2/c16-13-5-10-3-4-19-14(10)11(6-13)7-17-8-15(18,9-17)12-1-2-12/h5-6,12,18H,1-4,7-9H2. The SMILES string of the molecule is OC1(C2CC2)CN(Cc2cc(Br)cc3c2OCC3)C1. The predicted molar refractivity (Wildman–Crippen MR) is 76.3 cm³/mol. The Hall–Kier alpha value is -0.580. The van der Waals surface area contributed by atoms with Crippen LogP contribution in [0.25, 0.3) is 0 Å². The second-order valence-electron chi connectivity index (χ2n) is 6.17. The molecule has 0 atom stereocenters. The molecule has 4 rings (SSSR count). The quantitative estimate of drug-likeness (QED) is 0.926. The van der Waals surface area contributed by atoms with Crippen LogP contribution in [0.15, 0.2) is 16.6 Å². The molecule has 19 heavy (non-hydrogen) atoms. The van der Waals surface area contributed by atoms with Gasteiger partial charge in [-0.25, -0.2) is 0 Å². The Balaban J connectivity index is 1.49. The molecule has 3 nitrogen and oxygen atoms in total. The van der Waals surface area contributed by atoms with E-state index in [1.54, 1.807) is 0 Å². The van der Waals surface area contributed by atoms with Gasteiger partial charge >= 0.3 is 0 Å². The van der Waals surface area contributed by atoms with Crippen molar-refractivity contribution in [3.8, 4) is 5.75 Å². The van der Waals surface area contributed by atoms with Gasteiger partial charge in [-0.05, 0) is 36.5 Å². The van der Waals surface area contributed by atoms with E-state index in [-0.39, 0.29) is 0 Å². The van der Waals surface area contributed by atoms with Crippen LogP contribution >= 0.6 is 15.9 Å². The molecule has 2 heterocycles. The summed E-state index contributed by atoms with van der Waals surface area (Å²) in [5, 5.41) is 10.4. The molecule has 0 bridgehead atoms. The first kappa shape index (κ1) is 12.2. The van der Waals surface area contributed by atoms with Crippen LogP contribution in [0.1, 0.15) is 24.0 Å². The second-order valence-corrected chi connectivity index (χ2v) is 7.09. The van der Waals surface area contributed by atoms with Crippen molar-refractivity contribution in [2.45, 2.75) is 31.4 Å². The largest absolute Gasteiger partial charge is 0.493 e. The summed E-state index contributed by atoms with van der Waals surface area (Å²) in [5.41, 5.74) is 2.16. The molecule has 2 aliphatic heterocycles. The van der Waals surface area contributed by atoms with Crippen molar-refractivity contribution in [1.82, 2.24) is 4.90 Å². The van der Waals surface area contributed by atoms with Crippen molar-refractivity contribution in [3.05, 3.63) is 27.7 Å². The number of hydrogen-bond donors (Lipinski definition) is 1. The number of nitrogens with zero attached hydrogens (tertiary/aromatic N) is 1. The van der Waals surface area contributed by atoms with Gasteiger partial charge in [-0.1, -0.05) is 15.9 Å². The molecule has 0 spiro atoms. The summed E-state index contributed by atoms with van der Waals surface area (Å²) in [7, 11) is 0. The molecule has 0 aromatic heterocycles. The Morgan fingerprint density at radius 2 is 2.16 bits per heavy atom. The van der Waals surface area contributed by atoms with Gasteiger partial charge in [0.2, 0.25) is 0 Å². The van der Waals surface area contributed by atoms with Gasteiger partial charge in [0, 0.05) is 36.1 Å². The average Bonchev–Trinajstić information content (AvgIpc) is 3.07. The molecule has 0 amide bonds. The summed E-state index contributed by atoms with van der Waals surface area (Å²) in [6.07, 6.45) is 3.42. The highest BCUT2D eigenvalue weighted by Gasteiger charge is 2.51. The number of likely N-dealkylation sites (tertiary alicyclic amines) is 1. The highest BCUT2D eigenvalue weighted by Crippen LogP contribution is 2.45. The fourth-order valence-corrected chi connectivity index (χ4v) is 3.98. The van der Waals surface area contributed by atoms with E-state index in [0.29, 0.717) is 5.92 Å². The lowest BCUT2D eigenvalue weighted by Gasteiger charge is -2.47. The van der Waals surface area contributed by atoms with Crippen LogP contribution in [0.3, 0.4) is 0 Å². The van der Waals surface area contributed by atoms with Crippen LogP contribution in [-0.2, 0) is 13.0 Å². The molecule has 1 N–H and O–H groups in total. The first-order valence-corrected chi connectivity index (χ1v) is 7.82. The maximum Gasteiger partial charge on any atom is 0.127 e. The van der Waals surface area contributed by atoms with E-state index in [0.717, 1.165) is 42.9 Å². The minimum Gasteiger partial charge on any atom is -0.493 e. The van der Waals surface area contributed by atoms with E-state index in [2.05, 4.69) is 33.0 Å². The van der Waals surface area contributed by atoms with E-state index in [4.69, 9.17) is 4.74 Å². The zero-order valence-electron chi connectivity index (χ0n) is 10.9. The topological polar surface area (TPSA) is 32.7 Å². The fourth-order valence-electron chi connectivity index (χ4n) is 3.42. The molecule has 1 aromatic rings. The van der Waals surface area contributed by atoms with Gasteiger partial charge in [-0.2, -0.15) is 0 Å². The van der Waals surface area contributed by atoms with E-state index in [1.807, 2.05) is 0 Å². The van der Waals surface area contributed by atoms with Gasteiger partial charge in [0.25, 0.3) is 0 Å². The Morgan fingerprint density at radius 3 is 2.89 bits per heavy atom. The van der Waals surface area contributed by atoms with Crippen LogP contribution in [-0.4, -0.2) is 35.3 Å². The number of β-amino-alcohol motifs (C(OH)–C–C–N with tert-alkyl or cyclic N) is 1. The van der Waals surface area contributed by atoms with E-state index < -0.39 is 5.60 Å². The predicted octanol–water partition coefficient (Wildman–Crippen LogP) is 2.34. The molecule has 3 aliphatic rings. The van der Waals surface area contributed by atoms with Gasteiger partial charge in [-0.3, -0.25) is 4.90 Å². The van der Waals surface area contributed by atoms with Crippen LogP contribution in [0.4, 0.5) is 0 Å². The van der Waals surface area contributed by atoms with Crippen molar-refractivity contribution < 1.29 is 9.84 Å². The minimum absolute atomic E-state index is 0.393. The van der Waals surface area contributed by atoms with E-state index in [1.165, 1.54) is 24.0 Å². The van der Waals surface area contributed by atoms with Crippen LogP contribution in [0, 0.1) is 5.92 Å². The summed E-state index contributed by atoms with van der Waals surface area (Å²) in [6.45, 7) is 3.32. The van der Waals surface area contributed by atoms with Gasteiger partial charge in [-0.15, -0.1) is 0 Å². The highest BCUT2D eigenvalue weighted by molar-refractivity contribution is 9.10. The number of ether oxygens (including phenoxy) is 1. The summed E-state index contributed by atoms with van der Waals surface area (Å²) < 4.78 is 6.89. The molecule has 4 heteroatoms. The van der Waals surface area contributed by atoms with Crippen molar-refractivity contribution in [1.29, 1.82) is 0 Å². The lowest BCUT2D eigenvalue weighted by molar-refractivity contribution is -0.116. The molecule has 1 saturated heterocycles. The fraction of sp³-hybridized carbons (Fsp3) is 0.600. The second kappa shape index (κ2) is 4.21. The molecule has 1 aliphatic carbocycles. The zero-order valence-corrected chi connectivity index (χ0v) is 12.4. The summed E-state index contributed by atoms with van der Waals surface area (Å²) in [5.74, 6) is 1.64. The van der Waals surface area contributed by atoms with Crippen molar-refractivity contribution in [2.24, 2.45) is 5.92 Å². The molecular weight excluding hydrogens is 306 g/mol. The number of hydrogen-bond acceptors (Lipinski definition) is 3. The number of benzene rings is 1. The molecule has 2 fully saturated rings. The number of rotatable bonds is 3. The average molecular weight is 324 g/mol. The van der Waals surface area contributed by atoms with E-state index in [9.17, 15) is 5.11 Å². The lowest BCUT2D eigenvalue weighted by atomic mass is 9.88. The molecule has 1 saturated carbocycles. The summed E-state index contributed by atoms with van der Waals surface area (Å²) in [4.78, 5) is 2.32. The third-order valence-electron chi connectivity index (χ3n) is 4.55. The molecule has 0 radical (unpaired) electrons. The lowest BCUT2D eigenvalue weighted by Crippen LogP contribution is -2.62. The normalized spacial score (nSPS) is 24.7. The summed E-state index contributed by atoms with van der Waals surface area (Å²) >= 11 is 3.58. The maximum atomic E-state index is 10.4. The number of fused-ring (bicyclic) bond motifs is 1. The Bertz CT molecular complexity index is 521. The van der Waals surface area contributed by atoms with Gasteiger partial charge < -0.3 is 9.84 Å². The van der Waals surface area contributed by atoms with Gasteiger partial charge in [0.05, 0.1) is 12.2 Å². The van der Waals surface area contributed by atoms with Crippen LogP contribution in [0.5, 0.6) is 5.75 Å². The first-order chi connectivity index (χ1) is 9.14. The van der Waals surface area contributed by atoms with Crippen molar-refractivity contribution >= 4 is 15.9 Å². The smallest absolute Gasteiger partial charge is 0.127 e. The molecule has 1 aromatic carbocycles. The van der Waals surface area contributed by atoms with Gasteiger partial charge in [0.1, 0.15) is 5.75 Å². The third kappa shape index (κ3) is 2.10. The summed E-state index contributed by atoms with van der Waals surface area (Å²) in [6, 6.07) is 4.31. The number of halogens is 1. The van der Waals surface area contributed by atoms with Crippen molar-refractivity contribution in [3.63, 3.8) is 0 Å². The molecule has 102 valence electrons. The first-order valence-electron chi connectivity index (χ1n) is 7.03. The Kier molecular flexibility index (Phi) is 2.70. The number of aliphatic hydroxyl groups is 1. The third-order valence-corrected chi connectivity index (χ3v) is 5.01. The highest BCUT2D eigenvalue weighted by atomic mass is 79.9. The zero-order chi connectivity index (χ0) is 13.0. The van der Waals surface area contributed by atoms with Crippen molar-refractivity contribution in [2.75, 3.05) is 19.7 Å². The molecular formula is C15H18BrNO2. The molecule has 0 unspecified atom stereocenters. The monoisotopic (exact) mass is 323 g/mol.